The normalized spacial score (nSPS) is 16.1. The molecule has 1 aliphatic carbocycles. The minimum atomic E-state index is -1.12. The monoisotopic (exact) mass is 362 g/mol. The zero-order chi connectivity index (χ0) is 17.9. The molecule has 1 fully saturated rings. The third kappa shape index (κ3) is 4.24. The van der Waals surface area contributed by atoms with Gasteiger partial charge in [0.1, 0.15) is 11.4 Å². The van der Waals surface area contributed by atoms with Crippen LogP contribution in [0.2, 0.25) is 0 Å². The Morgan fingerprint density at radius 3 is 2.44 bits per heavy atom. The molecule has 2 amide bonds. The van der Waals surface area contributed by atoms with Gasteiger partial charge < -0.3 is 15.7 Å². The van der Waals surface area contributed by atoms with E-state index >= 15 is 0 Å². The smallest absolute Gasteiger partial charge is 0.309 e. The van der Waals surface area contributed by atoms with E-state index in [1.165, 1.54) is 35.6 Å². The number of rotatable bonds is 6. The lowest BCUT2D eigenvalue weighted by Gasteiger charge is -2.27. The molecular weight excluding hydrogens is 343 g/mol. The summed E-state index contributed by atoms with van der Waals surface area (Å²) in [5, 5.41) is 17.8. The lowest BCUT2D eigenvalue weighted by molar-refractivity contribution is -0.140. The standard InChI is InChI=1S/C18H19FN2O3S/c19-14-7-3-12(4-8-14)10-20-16(22)17(23)21-11-18(24,13-5-6-13)15-2-1-9-25-15/h1-4,7-9,13,24H,5-6,10-11H2,(H,20,22)(H,21,23). The zero-order valence-electron chi connectivity index (χ0n) is 13.5. The molecule has 2 aromatic rings. The Morgan fingerprint density at radius 2 is 1.84 bits per heavy atom. The van der Waals surface area contributed by atoms with Crippen LogP contribution in [0.15, 0.2) is 41.8 Å². The molecule has 0 aliphatic heterocycles. The van der Waals surface area contributed by atoms with Gasteiger partial charge in [-0.25, -0.2) is 4.39 Å². The number of hydrogen-bond donors (Lipinski definition) is 3. The van der Waals surface area contributed by atoms with Crippen LogP contribution in [-0.2, 0) is 21.7 Å². The molecule has 1 saturated carbocycles. The number of thiophene rings is 1. The van der Waals surface area contributed by atoms with E-state index < -0.39 is 17.4 Å². The summed E-state index contributed by atoms with van der Waals surface area (Å²) >= 11 is 1.43. The van der Waals surface area contributed by atoms with Crippen molar-refractivity contribution in [2.24, 2.45) is 5.92 Å². The minimum absolute atomic E-state index is 0.000974. The van der Waals surface area contributed by atoms with Gasteiger partial charge in [0, 0.05) is 11.4 Å². The van der Waals surface area contributed by atoms with Crippen molar-refractivity contribution < 1.29 is 19.1 Å². The Balaban J connectivity index is 1.52. The summed E-state index contributed by atoms with van der Waals surface area (Å²) in [6, 6.07) is 9.34. The number of amides is 2. The average molecular weight is 362 g/mol. The van der Waals surface area contributed by atoms with E-state index in [1.807, 2.05) is 17.5 Å². The van der Waals surface area contributed by atoms with Crippen LogP contribution < -0.4 is 10.6 Å². The van der Waals surface area contributed by atoms with Crippen LogP contribution >= 0.6 is 11.3 Å². The number of halogens is 1. The molecule has 1 atom stereocenters. The van der Waals surface area contributed by atoms with Gasteiger partial charge in [0.2, 0.25) is 0 Å². The summed E-state index contributed by atoms with van der Waals surface area (Å²) in [4.78, 5) is 24.7. The molecule has 0 spiro atoms. The van der Waals surface area contributed by atoms with Gasteiger partial charge in [-0.1, -0.05) is 18.2 Å². The average Bonchev–Trinajstić information content (AvgIpc) is 3.33. The fourth-order valence-electron chi connectivity index (χ4n) is 2.68. The molecule has 1 unspecified atom stereocenters. The Morgan fingerprint density at radius 1 is 1.16 bits per heavy atom. The summed E-state index contributed by atoms with van der Waals surface area (Å²) in [5.74, 6) is -1.83. The van der Waals surface area contributed by atoms with Gasteiger partial charge in [0.15, 0.2) is 0 Å². The summed E-state index contributed by atoms with van der Waals surface area (Å²) in [7, 11) is 0. The first-order chi connectivity index (χ1) is 12.0. The highest BCUT2D eigenvalue weighted by Gasteiger charge is 2.46. The molecule has 7 heteroatoms. The lowest BCUT2D eigenvalue weighted by Crippen LogP contribution is -2.47. The third-order valence-corrected chi connectivity index (χ3v) is 5.33. The molecule has 0 bridgehead atoms. The van der Waals surface area contributed by atoms with Gasteiger partial charge in [0.25, 0.3) is 0 Å². The summed E-state index contributed by atoms with van der Waals surface area (Å²) in [6.07, 6.45) is 1.81. The number of carbonyl (C=O) groups is 2. The molecule has 1 heterocycles. The maximum Gasteiger partial charge on any atom is 0.309 e. The van der Waals surface area contributed by atoms with E-state index in [-0.39, 0.29) is 24.8 Å². The summed E-state index contributed by atoms with van der Waals surface area (Å²) in [5.41, 5.74) is -0.434. The van der Waals surface area contributed by atoms with E-state index in [0.717, 1.165) is 17.7 Å². The Kier molecular flexibility index (Phi) is 5.15. The molecule has 3 N–H and O–H groups in total. The molecule has 25 heavy (non-hydrogen) atoms. The van der Waals surface area contributed by atoms with Crippen molar-refractivity contribution in [2.45, 2.75) is 25.0 Å². The SMILES string of the molecule is O=C(NCc1ccc(F)cc1)C(=O)NCC(O)(c1cccs1)C1CC1. The number of aliphatic hydroxyl groups is 1. The Hall–Kier alpha value is -2.25. The van der Waals surface area contributed by atoms with E-state index in [2.05, 4.69) is 10.6 Å². The van der Waals surface area contributed by atoms with E-state index in [4.69, 9.17) is 0 Å². The number of benzene rings is 1. The highest BCUT2D eigenvalue weighted by atomic mass is 32.1. The van der Waals surface area contributed by atoms with Gasteiger partial charge in [-0.3, -0.25) is 9.59 Å². The fraction of sp³-hybridized carbons (Fsp3) is 0.333. The first-order valence-electron chi connectivity index (χ1n) is 8.06. The molecule has 1 aromatic carbocycles. The van der Waals surface area contributed by atoms with Crippen LogP contribution in [0.4, 0.5) is 4.39 Å². The molecule has 1 aromatic heterocycles. The minimum Gasteiger partial charge on any atom is -0.382 e. The van der Waals surface area contributed by atoms with Crippen molar-refractivity contribution in [3.8, 4) is 0 Å². The molecule has 5 nitrogen and oxygen atoms in total. The molecule has 0 radical (unpaired) electrons. The van der Waals surface area contributed by atoms with Crippen molar-refractivity contribution in [3.05, 3.63) is 58.0 Å². The summed E-state index contributed by atoms with van der Waals surface area (Å²) < 4.78 is 12.8. The van der Waals surface area contributed by atoms with E-state index in [0.29, 0.717) is 5.56 Å². The second-order valence-corrected chi connectivity index (χ2v) is 7.12. The van der Waals surface area contributed by atoms with Crippen LogP contribution in [0.5, 0.6) is 0 Å². The largest absolute Gasteiger partial charge is 0.382 e. The lowest BCUT2D eigenvalue weighted by atomic mass is 9.95. The van der Waals surface area contributed by atoms with E-state index in [1.54, 1.807) is 0 Å². The first-order valence-corrected chi connectivity index (χ1v) is 8.94. The van der Waals surface area contributed by atoms with Crippen LogP contribution in [0, 0.1) is 11.7 Å². The van der Waals surface area contributed by atoms with Gasteiger partial charge in [-0.2, -0.15) is 0 Å². The Bertz CT molecular complexity index is 744. The van der Waals surface area contributed by atoms with Crippen molar-refractivity contribution in [2.75, 3.05) is 6.54 Å². The maximum atomic E-state index is 12.8. The molecular formula is C18H19FN2O3S. The van der Waals surface area contributed by atoms with Crippen molar-refractivity contribution in [1.82, 2.24) is 10.6 Å². The van der Waals surface area contributed by atoms with Crippen LogP contribution in [0.3, 0.4) is 0 Å². The molecule has 3 rings (SSSR count). The van der Waals surface area contributed by atoms with Crippen LogP contribution in [0.25, 0.3) is 0 Å². The highest BCUT2D eigenvalue weighted by molar-refractivity contribution is 7.10. The molecule has 132 valence electrons. The highest BCUT2D eigenvalue weighted by Crippen LogP contribution is 2.46. The second kappa shape index (κ2) is 7.33. The quantitative estimate of drug-likeness (QED) is 0.687. The van der Waals surface area contributed by atoms with Gasteiger partial charge in [-0.05, 0) is 47.9 Å². The fourth-order valence-corrected chi connectivity index (χ4v) is 3.58. The van der Waals surface area contributed by atoms with Crippen molar-refractivity contribution in [1.29, 1.82) is 0 Å². The number of hydrogen-bond acceptors (Lipinski definition) is 4. The summed E-state index contributed by atoms with van der Waals surface area (Å²) in [6.45, 7) is 0.130. The second-order valence-electron chi connectivity index (χ2n) is 6.17. The van der Waals surface area contributed by atoms with Gasteiger partial charge in [0.05, 0.1) is 6.54 Å². The molecule has 0 saturated heterocycles. The Labute approximate surface area is 148 Å². The number of carbonyl (C=O) groups excluding carboxylic acids is 2. The van der Waals surface area contributed by atoms with Crippen molar-refractivity contribution >= 4 is 23.2 Å². The predicted octanol–water partition coefficient (Wildman–Crippen LogP) is 1.92. The van der Waals surface area contributed by atoms with Crippen molar-refractivity contribution in [3.63, 3.8) is 0 Å². The predicted molar refractivity (Wildman–Crippen MR) is 92.2 cm³/mol. The molecule has 1 aliphatic rings. The first kappa shape index (κ1) is 17.6. The van der Waals surface area contributed by atoms with Gasteiger partial charge in [-0.15, -0.1) is 11.3 Å². The van der Waals surface area contributed by atoms with Crippen LogP contribution in [-0.4, -0.2) is 23.5 Å². The maximum absolute atomic E-state index is 12.8. The number of nitrogens with one attached hydrogen (secondary N) is 2. The van der Waals surface area contributed by atoms with E-state index in [9.17, 15) is 19.1 Å². The topological polar surface area (TPSA) is 78.4 Å². The van der Waals surface area contributed by atoms with Crippen LogP contribution in [0.1, 0.15) is 23.3 Å². The van der Waals surface area contributed by atoms with Gasteiger partial charge >= 0.3 is 11.8 Å². The third-order valence-electron chi connectivity index (χ3n) is 4.29. The zero-order valence-corrected chi connectivity index (χ0v) is 14.3.